The van der Waals surface area contributed by atoms with Gasteiger partial charge in [-0.25, -0.2) is 4.68 Å². The number of anilines is 1. The number of nitrogens with zero attached hydrogens (tertiary/aromatic N) is 3. The van der Waals surface area contributed by atoms with Gasteiger partial charge < -0.3 is 5.32 Å². The van der Waals surface area contributed by atoms with Crippen molar-refractivity contribution in [3.63, 3.8) is 0 Å². The quantitative estimate of drug-likeness (QED) is 0.578. The first-order chi connectivity index (χ1) is 14.0. The number of carbonyl (C=O) groups is 1. The van der Waals surface area contributed by atoms with Crippen molar-refractivity contribution >= 4 is 22.5 Å². The van der Waals surface area contributed by atoms with Gasteiger partial charge in [-0.05, 0) is 32.0 Å². The number of hydrogen-bond acceptors (Lipinski definition) is 4. The van der Waals surface area contributed by atoms with E-state index in [0.717, 1.165) is 22.0 Å². The van der Waals surface area contributed by atoms with Gasteiger partial charge in [-0.2, -0.15) is 5.10 Å². The van der Waals surface area contributed by atoms with Crippen LogP contribution in [0.25, 0.3) is 22.2 Å². The fourth-order valence-corrected chi connectivity index (χ4v) is 3.08. The molecule has 0 fully saturated rings. The molecule has 1 atom stereocenters. The first-order valence-electron chi connectivity index (χ1n) is 9.34. The van der Waals surface area contributed by atoms with Gasteiger partial charge >= 0.3 is 0 Å². The second kappa shape index (κ2) is 7.67. The molecule has 1 unspecified atom stereocenters. The molecule has 0 aliphatic rings. The van der Waals surface area contributed by atoms with Crippen molar-refractivity contribution in [2.24, 2.45) is 0 Å². The zero-order valence-electron chi connectivity index (χ0n) is 16.2. The van der Waals surface area contributed by atoms with Gasteiger partial charge in [0.15, 0.2) is 0 Å². The Morgan fingerprint density at radius 2 is 1.79 bits per heavy atom. The molecule has 0 radical (unpaired) electrons. The van der Waals surface area contributed by atoms with Crippen molar-refractivity contribution in [3.8, 4) is 11.3 Å². The van der Waals surface area contributed by atoms with Crippen molar-refractivity contribution in [1.29, 1.82) is 0 Å². The molecule has 2 aromatic carbocycles. The Balaban J connectivity index is 1.60. The smallest absolute Gasteiger partial charge is 0.267 e. The number of aromatic nitrogens is 3. The van der Waals surface area contributed by atoms with Crippen LogP contribution in [-0.2, 0) is 4.79 Å². The number of nitrogens with one attached hydrogen (secondary N) is 1. The molecule has 6 heteroatoms. The molecular weight excluding hydrogens is 364 g/mol. The Morgan fingerprint density at radius 3 is 2.59 bits per heavy atom. The minimum absolute atomic E-state index is 0.333. The summed E-state index contributed by atoms with van der Waals surface area (Å²) in [6.45, 7) is 3.66. The lowest BCUT2D eigenvalue weighted by Gasteiger charge is -2.15. The summed E-state index contributed by atoms with van der Waals surface area (Å²) in [6, 6.07) is 19.7. The summed E-state index contributed by atoms with van der Waals surface area (Å²) in [6.07, 6.45) is 1.60. The van der Waals surface area contributed by atoms with E-state index in [4.69, 9.17) is 0 Å². The molecule has 6 nitrogen and oxygen atoms in total. The Bertz CT molecular complexity index is 1250. The fourth-order valence-electron chi connectivity index (χ4n) is 3.08. The van der Waals surface area contributed by atoms with Crippen LogP contribution in [0.15, 0.2) is 77.7 Å². The van der Waals surface area contributed by atoms with Crippen LogP contribution < -0.4 is 10.9 Å². The van der Waals surface area contributed by atoms with Gasteiger partial charge in [-0.3, -0.25) is 14.6 Å². The van der Waals surface area contributed by atoms with Crippen LogP contribution in [-0.4, -0.2) is 20.7 Å². The molecule has 2 heterocycles. The number of benzene rings is 2. The van der Waals surface area contributed by atoms with Crippen LogP contribution in [0.5, 0.6) is 0 Å². The van der Waals surface area contributed by atoms with Crippen molar-refractivity contribution in [2.75, 3.05) is 5.32 Å². The predicted octanol–water partition coefficient (Wildman–Crippen LogP) is 3.97. The first kappa shape index (κ1) is 18.6. The van der Waals surface area contributed by atoms with Crippen LogP contribution in [0.4, 0.5) is 5.69 Å². The normalized spacial score (nSPS) is 11.9. The molecule has 0 saturated heterocycles. The van der Waals surface area contributed by atoms with E-state index in [1.54, 1.807) is 19.2 Å². The monoisotopic (exact) mass is 384 g/mol. The van der Waals surface area contributed by atoms with Crippen LogP contribution >= 0.6 is 0 Å². The number of rotatable bonds is 4. The molecule has 2 aromatic heterocycles. The SMILES string of the molecule is Cc1ccc(-c2ccc(=O)n(C(C)C(=O)Nc3cnc4ccccc4c3)n2)cc1. The van der Waals surface area contributed by atoms with Gasteiger partial charge in [0.25, 0.3) is 5.56 Å². The summed E-state index contributed by atoms with van der Waals surface area (Å²) in [5.74, 6) is -0.335. The Kier molecular flexibility index (Phi) is 4.91. The van der Waals surface area contributed by atoms with E-state index >= 15 is 0 Å². The van der Waals surface area contributed by atoms with Gasteiger partial charge in [0, 0.05) is 17.0 Å². The second-order valence-corrected chi connectivity index (χ2v) is 6.95. The third kappa shape index (κ3) is 3.91. The molecule has 29 heavy (non-hydrogen) atoms. The zero-order chi connectivity index (χ0) is 20.4. The van der Waals surface area contributed by atoms with Gasteiger partial charge in [-0.15, -0.1) is 0 Å². The maximum absolute atomic E-state index is 12.8. The highest BCUT2D eigenvalue weighted by Crippen LogP contribution is 2.19. The van der Waals surface area contributed by atoms with E-state index in [0.29, 0.717) is 11.4 Å². The lowest BCUT2D eigenvalue weighted by atomic mass is 10.1. The average Bonchev–Trinajstić information content (AvgIpc) is 2.74. The minimum Gasteiger partial charge on any atom is -0.323 e. The van der Waals surface area contributed by atoms with E-state index < -0.39 is 6.04 Å². The minimum atomic E-state index is -0.778. The van der Waals surface area contributed by atoms with Gasteiger partial charge in [0.1, 0.15) is 6.04 Å². The van der Waals surface area contributed by atoms with Gasteiger partial charge in [-0.1, -0.05) is 48.0 Å². The maximum atomic E-state index is 12.8. The van der Waals surface area contributed by atoms with E-state index in [9.17, 15) is 9.59 Å². The summed E-state index contributed by atoms with van der Waals surface area (Å²) < 4.78 is 1.21. The predicted molar refractivity (Wildman–Crippen MR) is 114 cm³/mol. The van der Waals surface area contributed by atoms with Crippen molar-refractivity contribution < 1.29 is 4.79 Å². The number of pyridine rings is 1. The number of para-hydroxylation sites is 1. The molecule has 0 saturated carbocycles. The van der Waals surface area contributed by atoms with Crippen molar-refractivity contribution in [1.82, 2.24) is 14.8 Å². The lowest BCUT2D eigenvalue weighted by Crippen LogP contribution is -2.33. The highest BCUT2D eigenvalue weighted by atomic mass is 16.2. The summed E-state index contributed by atoms with van der Waals surface area (Å²) in [7, 11) is 0. The van der Waals surface area contributed by atoms with Crippen LogP contribution in [0, 0.1) is 6.92 Å². The van der Waals surface area contributed by atoms with Crippen LogP contribution in [0.3, 0.4) is 0 Å². The number of hydrogen-bond donors (Lipinski definition) is 1. The Labute approximate surface area is 167 Å². The molecular formula is C23H20N4O2. The topological polar surface area (TPSA) is 76.9 Å². The summed E-state index contributed by atoms with van der Waals surface area (Å²) in [5, 5.41) is 8.16. The maximum Gasteiger partial charge on any atom is 0.267 e. The van der Waals surface area contributed by atoms with Gasteiger partial charge in [0.05, 0.1) is 23.1 Å². The Morgan fingerprint density at radius 1 is 1.03 bits per heavy atom. The molecule has 4 rings (SSSR count). The third-order valence-corrected chi connectivity index (χ3v) is 4.78. The molecule has 1 amide bonds. The number of amides is 1. The lowest BCUT2D eigenvalue weighted by molar-refractivity contribution is -0.119. The fraction of sp³-hybridized carbons (Fsp3) is 0.130. The summed E-state index contributed by atoms with van der Waals surface area (Å²) in [4.78, 5) is 29.4. The average molecular weight is 384 g/mol. The van der Waals surface area contributed by atoms with Crippen LogP contribution in [0.2, 0.25) is 0 Å². The van der Waals surface area contributed by atoms with Crippen molar-refractivity contribution in [2.45, 2.75) is 19.9 Å². The standard InChI is InChI=1S/C23H20N4O2/c1-15-7-9-17(10-8-15)21-11-12-22(28)27(26-21)16(2)23(29)25-19-13-18-5-3-4-6-20(18)24-14-19/h3-14,16H,1-2H3,(H,25,29). The summed E-state index contributed by atoms with van der Waals surface area (Å²) in [5.41, 5.74) is 3.75. The zero-order valence-corrected chi connectivity index (χ0v) is 16.2. The van der Waals surface area contributed by atoms with E-state index in [1.165, 1.54) is 10.7 Å². The van der Waals surface area contributed by atoms with E-state index in [-0.39, 0.29) is 11.5 Å². The van der Waals surface area contributed by atoms with Crippen molar-refractivity contribution in [3.05, 3.63) is 88.8 Å². The summed E-state index contributed by atoms with van der Waals surface area (Å²) >= 11 is 0. The van der Waals surface area contributed by atoms with E-state index in [2.05, 4.69) is 15.4 Å². The largest absolute Gasteiger partial charge is 0.323 e. The molecule has 0 bridgehead atoms. The molecule has 0 aliphatic heterocycles. The Hall–Kier alpha value is -3.80. The number of aryl methyl sites for hydroxylation is 1. The number of fused-ring (bicyclic) bond motifs is 1. The van der Waals surface area contributed by atoms with Gasteiger partial charge in [0.2, 0.25) is 5.91 Å². The van der Waals surface area contributed by atoms with E-state index in [1.807, 2.05) is 61.5 Å². The molecule has 1 N–H and O–H groups in total. The highest BCUT2D eigenvalue weighted by molar-refractivity contribution is 5.95. The third-order valence-electron chi connectivity index (χ3n) is 4.78. The molecule has 0 spiro atoms. The second-order valence-electron chi connectivity index (χ2n) is 6.95. The van der Waals surface area contributed by atoms with Crippen LogP contribution in [0.1, 0.15) is 18.5 Å². The first-order valence-corrected chi connectivity index (χ1v) is 9.34. The highest BCUT2D eigenvalue weighted by Gasteiger charge is 2.18. The number of carbonyl (C=O) groups excluding carboxylic acids is 1. The molecule has 144 valence electrons. The molecule has 4 aromatic rings. The molecule has 0 aliphatic carbocycles.